The fourth-order valence-corrected chi connectivity index (χ4v) is 4.15. The van der Waals surface area contributed by atoms with E-state index in [1.54, 1.807) is 6.92 Å². The van der Waals surface area contributed by atoms with Gasteiger partial charge >= 0.3 is 11.9 Å². The maximum Gasteiger partial charge on any atom is 0.309 e. The number of alkyl halides is 1. The first-order valence-corrected chi connectivity index (χ1v) is 9.92. The Morgan fingerprint density at radius 3 is 2.57 bits per heavy atom. The van der Waals surface area contributed by atoms with Crippen LogP contribution in [0.5, 0.6) is 0 Å². The van der Waals surface area contributed by atoms with Crippen molar-refractivity contribution in [1.29, 1.82) is 0 Å². The lowest BCUT2D eigenvalue weighted by Crippen LogP contribution is -2.58. The number of hydrogen-bond donors (Lipinski definition) is 2. The summed E-state index contributed by atoms with van der Waals surface area (Å²) in [5.74, 6) is -2.61. The summed E-state index contributed by atoms with van der Waals surface area (Å²) in [6.45, 7) is 7.17. The van der Waals surface area contributed by atoms with Gasteiger partial charge in [-0.15, -0.1) is 11.6 Å². The van der Waals surface area contributed by atoms with E-state index < -0.39 is 41.5 Å². The first-order valence-electron chi connectivity index (χ1n) is 9.38. The summed E-state index contributed by atoms with van der Waals surface area (Å²) in [5.41, 5.74) is -3.19. The third-order valence-electron chi connectivity index (χ3n) is 5.09. The van der Waals surface area contributed by atoms with E-state index in [1.165, 1.54) is 13.2 Å². The van der Waals surface area contributed by atoms with Gasteiger partial charge in [0.2, 0.25) is 0 Å². The van der Waals surface area contributed by atoms with E-state index in [-0.39, 0.29) is 31.2 Å². The lowest BCUT2D eigenvalue weighted by molar-refractivity contribution is -0.228. The normalized spacial score (nSPS) is 34.4. The molecule has 5 atom stereocenters. The molecule has 0 saturated heterocycles. The van der Waals surface area contributed by atoms with E-state index in [0.29, 0.717) is 12.2 Å². The number of carbonyl (C=O) groups is 2. The number of esters is 2. The molecule has 0 radical (unpaired) electrons. The van der Waals surface area contributed by atoms with Gasteiger partial charge in [0, 0.05) is 31.9 Å². The van der Waals surface area contributed by atoms with Crippen LogP contribution in [0.15, 0.2) is 11.8 Å². The van der Waals surface area contributed by atoms with Gasteiger partial charge in [0.15, 0.2) is 0 Å². The molecule has 2 N–H and O–H groups in total. The number of rotatable bonds is 8. The smallest absolute Gasteiger partial charge is 0.309 e. The van der Waals surface area contributed by atoms with Crippen molar-refractivity contribution in [2.45, 2.75) is 64.1 Å². The molecule has 0 amide bonds. The quantitative estimate of drug-likeness (QED) is 0.449. The first-order chi connectivity index (χ1) is 13.1. The van der Waals surface area contributed by atoms with Crippen molar-refractivity contribution in [2.24, 2.45) is 11.8 Å². The number of fused-ring (bicyclic) bond motifs is 1. The van der Waals surface area contributed by atoms with Crippen LogP contribution in [0.3, 0.4) is 0 Å². The number of halogens is 1. The highest BCUT2D eigenvalue weighted by molar-refractivity contribution is 6.18. The van der Waals surface area contributed by atoms with Crippen LogP contribution >= 0.6 is 11.6 Å². The molecule has 1 fully saturated rings. The average molecular weight is 421 g/mol. The summed E-state index contributed by atoms with van der Waals surface area (Å²) >= 11 is 6.05. The van der Waals surface area contributed by atoms with Crippen LogP contribution in [-0.4, -0.2) is 64.8 Å². The van der Waals surface area contributed by atoms with Crippen LogP contribution in [0.25, 0.3) is 0 Å². The van der Waals surface area contributed by atoms with Gasteiger partial charge in [-0.25, -0.2) is 0 Å². The maximum absolute atomic E-state index is 12.2. The van der Waals surface area contributed by atoms with Crippen LogP contribution < -0.4 is 0 Å². The van der Waals surface area contributed by atoms with Gasteiger partial charge in [-0.1, -0.05) is 13.8 Å². The summed E-state index contributed by atoms with van der Waals surface area (Å²) in [4.78, 5) is 23.7. The number of hydrogen-bond acceptors (Lipinski definition) is 8. The Kier molecular flexibility index (Phi) is 7.36. The molecule has 0 aromatic carbocycles. The van der Waals surface area contributed by atoms with Crippen LogP contribution in [-0.2, 0) is 28.5 Å². The summed E-state index contributed by atoms with van der Waals surface area (Å²) in [6.07, 6.45) is -1.08. The fourth-order valence-electron chi connectivity index (χ4n) is 3.81. The van der Waals surface area contributed by atoms with Crippen molar-refractivity contribution in [1.82, 2.24) is 0 Å². The molecule has 0 bridgehead atoms. The van der Waals surface area contributed by atoms with Crippen LogP contribution in [0.4, 0.5) is 0 Å². The zero-order valence-corrected chi connectivity index (χ0v) is 17.4. The molecule has 160 valence electrons. The second-order valence-corrected chi connectivity index (χ2v) is 7.97. The predicted molar refractivity (Wildman–Crippen MR) is 99.3 cm³/mol. The van der Waals surface area contributed by atoms with Gasteiger partial charge in [0.05, 0.1) is 24.7 Å². The molecule has 0 spiro atoms. The maximum atomic E-state index is 12.2. The van der Waals surface area contributed by atoms with E-state index in [4.69, 9.17) is 30.5 Å². The van der Waals surface area contributed by atoms with Crippen LogP contribution in [0.2, 0.25) is 0 Å². The topological polar surface area (TPSA) is 112 Å². The third-order valence-corrected chi connectivity index (χ3v) is 5.51. The van der Waals surface area contributed by atoms with Gasteiger partial charge in [0.1, 0.15) is 17.3 Å². The highest BCUT2D eigenvalue weighted by Gasteiger charge is 2.69. The highest BCUT2D eigenvalue weighted by atomic mass is 35.5. The van der Waals surface area contributed by atoms with Crippen molar-refractivity contribution in [3.63, 3.8) is 0 Å². The summed E-state index contributed by atoms with van der Waals surface area (Å²) in [6, 6.07) is 0. The molecule has 1 aliphatic carbocycles. The average Bonchev–Trinajstić information content (AvgIpc) is 2.81. The minimum Gasteiger partial charge on any atom is -0.462 e. The van der Waals surface area contributed by atoms with Gasteiger partial charge in [-0.2, -0.15) is 0 Å². The molecule has 0 unspecified atom stereocenters. The zero-order valence-electron chi connectivity index (χ0n) is 16.6. The molecule has 1 saturated carbocycles. The van der Waals surface area contributed by atoms with Gasteiger partial charge in [0.25, 0.3) is 6.29 Å². The second-order valence-electron chi connectivity index (χ2n) is 7.70. The number of aliphatic hydroxyl groups is 2. The minimum atomic E-state index is -1.86. The number of ether oxygens (including phenoxy) is 4. The fraction of sp³-hybridized carbons (Fsp3) is 0.789. The van der Waals surface area contributed by atoms with Crippen LogP contribution in [0, 0.1) is 11.8 Å². The second kappa shape index (κ2) is 8.98. The monoisotopic (exact) mass is 420 g/mol. The van der Waals surface area contributed by atoms with Crippen molar-refractivity contribution < 1.29 is 38.7 Å². The molecule has 1 heterocycles. The largest absolute Gasteiger partial charge is 0.462 e. The molecular formula is C19H29ClO8. The Hall–Kier alpha value is -1.35. The van der Waals surface area contributed by atoms with E-state index in [1.807, 2.05) is 13.8 Å². The van der Waals surface area contributed by atoms with Gasteiger partial charge in [-0.3, -0.25) is 9.59 Å². The molecule has 2 rings (SSSR count). The molecule has 28 heavy (non-hydrogen) atoms. The standard InChI is InChI=1S/C19H29ClO8/c1-5-25-8-13-9-26-17(28-15(22)6-11(2)3)16-18(13,23)7-14(27-12(4)21)19(16,24)10-20/h9,11,14,16-17,23-24H,5-8,10H2,1-4H3/t14-,16-,17-,18-,19+/m0/s1. The molecule has 8 nitrogen and oxygen atoms in total. The van der Waals surface area contributed by atoms with E-state index in [9.17, 15) is 19.8 Å². The lowest BCUT2D eigenvalue weighted by atomic mass is 9.77. The van der Waals surface area contributed by atoms with Crippen LogP contribution in [0.1, 0.15) is 40.5 Å². The number of carbonyl (C=O) groups excluding carboxylic acids is 2. The third kappa shape index (κ3) is 4.45. The lowest BCUT2D eigenvalue weighted by Gasteiger charge is -2.43. The van der Waals surface area contributed by atoms with E-state index in [0.717, 1.165) is 0 Å². The molecule has 9 heteroatoms. The first kappa shape index (κ1) is 22.9. The van der Waals surface area contributed by atoms with Gasteiger partial charge < -0.3 is 29.2 Å². The molecular weight excluding hydrogens is 392 g/mol. The van der Waals surface area contributed by atoms with Crippen molar-refractivity contribution in [3.05, 3.63) is 11.8 Å². The minimum absolute atomic E-state index is 0.0430. The van der Waals surface area contributed by atoms with Crippen molar-refractivity contribution in [2.75, 3.05) is 19.1 Å². The Labute approximate surface area is 169 Å². The Morgan fingerprint density at radius 1 is 1.36 bits per heavy atom. The predicted octanol–water partition coefficient (Wildman–Crippen LogP) is 1.51. The Bertz CT molecular complexity index is 621. The van der Waals surface area contributed by atoms with E-state index >= 15 is 0 Å². The van der Waals surface area contributed by atoms with E-state index in [2.05, 4.69) is 0 Å². The summed E-state index contributed by atoms with van der Waals surface area (Å²) in [5, 5.41) is 22.8. The summed E-state index contributed by atoms with van der Waals surface area (Å²) in [7, 11) is 0. The zero-order chi connectivity index (χ0) is 21.1. The van der Waals surface area contributed by atoms with Crippen molar-refractivity contribution in [3.8, 4) is 0 Å². The molecule has 1 aliphatic heterocycles. The molecule has 2 aliphatic rings. The molecule has 0 aromatic rings. The molecule has 0 aromatic heterocycles. The SMILES string of the molecule is CCOCC1=CO[C@@H](OC(=O)CC(C)C)[C@@H]2[C@@](O)(CCl)[C@@H](OC(C)=O)C[C@]12O. The Morgan fingerprint density at radius 2 is 2.04 bits per heavy atom. The summed E-state index contributed by atoms with van der Waals surface area (Å²) < 4.78 is 21.6. The van der Waals surface area contributed by atoms with Crippen molar-refractivity contribution >= 4 is 23.5 Å². The van der Waals surface area contributed by atoms with Gasteiger partial charge in [-0.05, 0) is 12.8 Å². The Balaban J connectivity index is 2.41. The highest BCUT2D eigenvalue weighted by Crippen LogP contribution is 2.53.